The summed E-state index contributed by atoms with van der Waals surface area (Å²) in [5.41, 5.74) is 0.909. The topological polar surface area (TPSA) is 64.4 Å². The largest absolute Gasteiger partial charge is 0.298 e. The van der Waals surface area contributed by atoms with Crippen LogP contribution in [-0.4, -0.2) is 55.7 Å². The van der Waals surface area contributed by atoms with Gasteiger partial charge in [0, 0.05) is 32.2 Å². The average molecular weight is 430 g/mol. The zero-order chi connectivity index (χ0) is 21.0. The molecule has 2 aliphatic carbocycles. The van der Waals surface area contributed by atoms with Crippen LogP contribution in [0.15, 0.2) is 29.2 Å². The van der Waals surface area contributed by atoms with Gasteiger partial charge in [0.05, 0.1) is 16.2 Å². The fourth-order valence-electron chi connectivity index (χ4n) is 5.58. The molecule has 164 valence electrons. The van der Waals surface area contributed by atoms with Crippen LogP contribution >= 0.6 is 0 Å². The van der Waals surface area contributed by atoms with Crippen molar-refractivity contribution in [3.05, 3.63) is 29.8 Å². The molecule has 3 aliphatic rings. The summed E-state index contributed by atoms with van der Waals surface area (Å²) in [6.45, 7) is 3.85. The zero-order valence-corrected chi connectivity index (χ0v) is 18.8. The van der Waals surface area contributed by atoms with Gasteiger partial charge in [0.15, 0.2) is 9.84 Å². The maximum absolute atomic E-state index is 12.9. The molecule has 6 heteroatoms. The fraction of sp³-hybridized carbons (Fsp3) is 0.708. The van der Waals surface area contributed by atoms with Crippen LogP contribution in [0.3, 0.4) is 0 Å². The maximum atomic E-state index is 12.9. The zero-order valence-electron chi connectivity index (χ0n) is 18.0. The van der Waals surface area contributed by atoms with Crippen molar-refractivity contribution in [2.24, 2.45) is 0 Å². The standard InChI is InChI=1S/C24H35N3O2S/c25-19-24(27-17-15-26(16-18-27)21-7-3-1-4-8-21)20-11-13-23(14-12-20)30(28,29)22-9-5-2-6-10-22/h11-14,21-22,24H,1-10,15-18H2. The summed E-state index contributed by atoms with van der Waals surface area (Å²) >= 11 is 0. The molecular weight excluding hydrogens is 394 g/mol. The van der Waals surface area contributed by atoms with Crippen molar-refractivity contribution < 1.29 is 8.42 Å². The molecule has 4 rings (SSSR count). The molecule has 0 bridgehead atoms. The first-order valence-corrected chi connectivity index (χ1v) is 13.4. The highest BCUT2D eigenvalue weighted by Crippen LogP contribution is 2.30. The van der Waals surface area contributed by atoms with Gasteiger partial charge in [-0.2, -0.15) is 5.26 Å². The minimum absolute atomic E-state index is 0.239. The van der Waals surface area contributed by atoms with Crippen LogP contribution in [0.5, 0.6) is 0 Å². The van der Waals surface area contributed by atoms with Crippen LogP contribution in [-0.2, 0) is 9.84 Å². The molecule has 1 heterocycles. The van der Waals surface area contributed by atoms with E-state index in [0.717, 1.165) is 69.9 Å². The van der Waals surface area contributed by atoms with E-state index in [0.29, 0.717) is 4.90 Å². The maximum Gasteiger partial charge on any atom is 0.181 e. The molecule has 1 aliphatic heterocycles. The number of nitrogens with zero attached hydrogens (tertiary/aromatic N) is 3. The summed E-state index contributed by atoms with van der Waals surface area (Å²) in [5, 5.41) is 9.62. The van der Waals surface area contributed by atoms with Gasteiger partial charge in [-0.1, -0.05) is 50.7 Å². The fourth-order valence-corrected chi connectivity index (χ4v) is 7.44. The van der Waals surface area contributed by atoms with Crippen LogP contribution in [0, 0.1) is 11.3 Å². The SMILES string of the molecule is N#CC(c1ccc(S(=O)(=O)C2CCCCC2)cc1)N1CCN(C2CCCCC2)CC1. The van der Waals surface area contributed by atoms with Gasteiger partial charge in [0.25, 0.3) is 0 Å². The molecule has 3 fully saturated rings. The van der Waals surface area contributed by atoms with Gasteiger partial charge in [-0.3, -0.25) is 9.80 Å². The van der Waals surface area contributed by atoms with Gasteiger partial charge < -0.3 is 0 Å². The Morgan fingerprint density at radius 2 is 1.40 bits per heavy atom. The first kappa shape index (κ1) is 21.8. The van der Waals surface area contributed by atoms with Crippen molar-refractivity contribution in [2.45, 2.75) is 86.4 Å². The highest BCUT2D eigenvalue weighted by molar-refractivity contribution is 7.92. The Hall–Kier alpha value is -1.42. The number of hydrogen-bond acceptors (Lipinski definition) is 5. The molecule has 0 amide bonds. The lowest BCUT2D eigenvalue weighted by Gasteiger charge is -2.42. The molecule has 0 aromatic heterocycles. The van der Waals surface area contributed by atoms with E-state index in [2.05, 4.69) is 15.9 Å². The van der Waals surface area contributed by atoms with Gasteiger partial charge in [-0.25, -0.2) is 8.42 Å². The van der Waals surface area contributed by atoms with Crippen LogP contribution in [0.1, 0.15) is 75.8 Å². The Morgan fingerprint density at radius 3 is 1.97 bits per heavy atom. The lowest BCUT2D eigenvalue weighted by molar-refractivity contribution is 0.0676. The molecule has 1 atom stereocenters. The number of piperazine rings is 1. The van der Waals surface area contributed by atoms with Crippen molar-refractivity contribution in [1.82, 2.24) is 9.80 Å². The van der Waals surface area contributed by atoms with E-state index in [9.17, 15) is 13.7 Å². The molecule has 1 saturated heterocycles. The highest BCUT2D eigenvalue weighted by Gasteiger charge is 2.31. The third-order valence-electron chi connectivity index (χ3n) is 7.44. The Balaban J connectivity index is 1.40. The van der Waals surface area contributed by atoms with Crippen molar-refractivity contribution in [3.63, 3.8) is 0 Å². The molecular formula is C24H35N3O2S. The summed E-state index contributed by atoms with van der Waals surface area (Å²) in [6, 6.07) is 10.1. The van der Waals surface area contributed by atoms with E-state index in [1.807, 2.05) is 12.1 Å². The molecule has 0 N–H and O–H groups in total. The predicted octanol–water partition coefficient (Wildman–Crippen LogP) is 4.31. The van der Waals surface area contributed by atoms with Crippen molar-refractivity contribution in [1.29, 1.82) is 5.26 Å². The second-order valence-electron chi connectivity index (χ2n) is 9.27. The molecule has 5 nitrogen and oxygen atoms in total. The minimum atomic E-state index is -3.26. The van der Waals surface area contributed by atoms with Crippen LogP contribution in [0.4, 0.5) is 0 Å². The third-order valence-corrected chi connectivity index (χ3v) is 9.72. The summed E-state index contributed by atoms with van der Waals surface area (Å²) in [7, 11) is -3.26. The molecule has 1 unspecified atom stereocenters. The van der Waals surface area contributed by atoms with Gasteiger partial charge in [-0.05, 0) is 43.4 Å². The van der Waals surface area contributed by atoms with Crippen LogP contribution in [0.25, 0.3) is 0 Å². The van der Waals surface area contributed by atoms with E-state index in [4.69, 9.17) is 0 Å². The van der Waals surface area contributed by atoms with E-state index in [-0.39, 0.29) is 11.3 Å². The summed E-state index contributed by atoms with van der Waals surface area (Å²) < 4.78 is 25.9. The molecule has 0 radical (unpaired) electrons. The summed E-state index contributed by atoms with van der Waals surface area (Å²) in [6.07, 6.45) is 11.4. The predicted molar refractivity (Wildman–Crippen MR) is 119 cm³/mol. The Kier molecular flexibility index (Phi) is 7.12. The van der Waals surface area contributed by atoms with Gasteiger partial charge >= 0.3 is 0 Å². The summed E-state index contributed by atoms with van der Waals surface area (Å²) in [4.78, 5) is 5.28. The number of nitriles is 1. The quantitative estimate of drug-likeness (QED) is 0.698. The summed E-state index contributed by atoms with van der Waals surface area (Å²) in [5.74, 6) is 0. The van der Waals surface area contributed by atoms with Crippen LogP contribution < -0.4 is 0 Å². The lowest BCUT2D eigenvalue weighted by Crippen LogP contribution is -2.51. The average Bonchev–Trinajstić information content (AvgIpc) is 2.81. The third kappa shape index (κ3) is 4.74. The number of sulfone groups is 1. The molecule has 30 heavy (non-hydrogen) atoms. The van der Waals surface area contributed by atoms with E-state index < -0.39 is 9.84 Å². The second kappa shape index (κ2) is 9.80. The lowest BCUT2D eigenvalue weighted by atomic mass is 9.93. The van der Waals surface area contributed by atoms with Gasteiger partial charge in [-0.15, -0.1) is 0 Å². The van der Waals surface area contributed by atoms with Crippen molar-refractivity contribution in [2.75, 3.05) is 26.2 Å². The Bertz CT molecular complexity index is 826. The van der Waals surface area contributed by atoms with Crippen molar-refractivity contribution in [3.8, 4) is 6.07 Å². The molecule has 2 saturated carbocycles. The number of hydrogen-bond donors (Lipinski definition) is 0. The highest BCUT2D eigenvalue weighted by atomic mass is 32.2. The number of rotatable bonds is 5. The smallest absolute Gasteiger partial charge is 0.181 e. The minimum Gasteiger partial charge on any atom is -0.298 e. The van der Waals surface area contributed by atoms with Crippen LogP contribution in [0.2, 0.25) is 0 Å². The Labute approximate surface area is 182 Å². The molecule has 0 spiro atoms. The number of benzene rings is 1. The van der Waals surface area contributed by atoms with E-state index >= 15 is 0 Å². The molecule has 1 aromatic carbocycles. The second-order valence-corrected chi connectivity index (χ2v) is 11.5. The molecule has 1 aromatic rings. The van der Waals surface area contributed by atoms with Gasteiger partial charge in [0.2, 0.25) is 0 Å². The normalized spacial score (nSPS) is 24.4. The van der Waals surface area contributed by atoms with E-state index in [1.54, 1.807) is 12.1 Å². The van der Waals surface area contributed by atoms with Crippen molar-refractivity contribution >= 4 is 9.84 Å². The first-order chi connectivity index (χ1) is 14.6. The Morgan fingerprint density at radius 1 is 0.833 bits per heavy atom. The monoisotopic (exact) mass is 429 g/mol. The van der Waals surface area contributed by atoms with E-state index in [1.165, 1.54) is 32.1 Å². The van der Waals surface area contributed by atoms with Gasteiger partial charge in [0.1, 0.15) is 6.04 Å². The first-order valence-electron chi connectivity index (χ1n) is 11.8.